The number of nitro groups is 1. The van der Waals surface area contributed by atoms with Crippen LogP contribution >= 0.6 is 0 Å². The number of amides is 1. The molecule has 2 rings (SSSR count). The molecule has 0 saturated heterocycles. The molecule has 0 saturated carbocycles. The Labute approximate surface area is 125 Å². The van der Waals surface area contributed by atoms with Crippen LogP contribution in [0.3, 0.4) is 0 Å². The molecule has 0 heterocycles. The normalized spacial score (nSPS) is 11.0. The summed E-state index contributed by atoms with van der Waals surface area (Å²) in [4.78, 5) is 21.6. The Balaban J connectivity index is 2.13. The van der Waals surface area contributed by atoms with Gasteiger partial charge in [0.25, 0.3) is 21.7 Å². The second-order valence-electron chi connectivity index (χ2n) is 4.26. The minimum absolute atomic E-state index is 0.131. The maximum absolute atomic E-state index is 11.9. The highest BCUT2D eigenvalue weighted by atomic mass is 32.2. The van der Waals surface area contributed by atoms with Crippen LogP contribution < -0.4 is 5.32 Å². The van der Waals surface area contributed by atoms with Gasteiger partial charge in [0.15, 0.2) is 0 Å². The molecule has 0 radical (unpaired) electrons. The van der Waals surface area contributed by atoms with E-state index in [1.165, 1.54) is 36.4 Å². The molecule has 2 aromatic carbocycles. The van der Waals surface area contributed by atoms with Gasteiger partial charge in [-0.15, -0.1) is 0 Å². The van der Waals surface area contributed by atoms with Crippen LogP contribution in [0.4, 0.5) is 11.4 Å². The van der Waals surface area contributed by atoms with Gasteiger partial charge < -0.3 is 5.32 Å². The van der Waals surface area contributed by atoms with Crippen molar-refractivity contribution >= 4 is 27.4 Å². The molecule has 8 nitrogen and oxygen atoms in total. The average Bonchev–Trinajstić information content (AvgIpc) is 2.47. The number of carbonyl (C=O) groups is 1. The van der Waals surface area contributed by atoms with Gasteiger partial charge >= 0.3 is 0 Å². The Bertz CT molecular complexity index is 813. The van der Waals surface area contributed by atoms with Crippen molar-refractivity contribution in [3.8, 4) is 0 Å². The van der Waals surface area contributed by atoms with Gasteiger partial charge in [-0.25, -0.2) is 0 Å². The monoisotopic (exact) mass is 322 g/mol. The molecular weight excluding hydrogens is 312 g/mol. The fraction of sp³-hybridized carbons (Fsp3) is 0. The van der Waals surface area contributed by atoms with E-state index in [4.69, 9.17) is 4.55 Å². The van der Waals surface area contributed by atoms with Crippen LogP contribution in [0.25, 0.3) is 0 Å². The van der Waals surface area contributed by atoms with Gasteiger partial charge in [0.2, 0.25) is 0 Å². The summed E-state index contributed by atoms with van der Waals surface area (Å²) < 4.78 is 30.6. The van der Waals surface area contributed by atoms with E-state index in [0.29, 0.717) is 5.69 Å². The molecule has 0 spiro atoms. The number of benzene rings is 2. The van der Waals surface area contributed by atoms with E-state index in [0.717, 1.165) is 12.1 Å². The van der Waals surface area contributed by atoms with E-state index in [-0.39, 0.29) is 16.1 Å². The molecule has 0 fully saturated rings. The van der Waals surface area contributed by atoms with E-state index >= 15 is 0 Å². The molecule has 2 N–H and O–H groups in total. The first-order valence-corrected chi connectivity index (χ1v) is 7.35. The molecule has 2 aromatic rings. The summed E-state index contributed by atoms with van der Waals surface area (Å²) in [5.74, 6) is -0.505. The summed E-state index contributed by atoms with van der Waals surface area (Å²) >= 11 is 0. The van der Waals surface area contributed by atoms with E-state index in [1.807, 2.05) is 0 Å². The zero-order valence-electron chi connectivity index (χ0n) is 11.0. The van der Waals surface area contributed by atoms with Crippen molar-refractivity contribution in [2.75, 3.05) is 5.32 Å². The third-order valence-corrected chi connectivity index (χ3v) is 3.62. The fourth-order valence-corrected chi connectivity index (χ4v) is 2.13. The van der Waals surface area contributed by atoms with Crippen LogP contribution in [0.5, 0.6) is 0 Å². The minimum Gasteiger partial charge on any atom is -0.322 e. The molecule has 0 atom stereocenters. The summed E-state index contributed by atoms with van der Waals surface area (Å²) in [6, 6.07) is 9.92. The lowest BCUT2D eigenvalue weighted by Gasteiger charge is -2.05. The van der Waals surface area contributed by atoms with Gasteiger partial charge in [0.05, 0.1) is 9.82 Å². The maximum atomic E-state index is 11.9. The molecular formula is C13H10N2O6S. The number of anilines is 1. The van der Waals surface area contributed by atoms with Crippen molar-refractivity contribution in [2.24, 2.45) is 0 Å². The Morgan fingerprint density at radius 1 is 1.05 bits per heavy atom. The first kappa shape index (κ1) is 15.6. The van der Waals surface area contributed by atoms with Gasteiger partial charge in [0.1, 0.15) is 0 Å². The number of carbonyl (C=O) groups excluding carboxylic acids is 1. The highest BCUT2D eigenvalue weighted by Crippen LogP contribution is 2.16. The van der Waals surface area contributed by atoms with Gasteiger partial charge in [0, 0.05) is 23.4 Å². The van der Waals surface area contributed by atoms with Crippen molar-refractivity contribution in [2.45, 2.75) is 4.90 Å². The number of non-ortho nitro benzene ring substituents is 1. The van der Waals surface area contributed by atoms with E-state index < -0.39 is 20.9 Å². The molecule has 0 aliphatic rings. The summed E-state index contributed by atoms with van der Waals surface area (Å²) in [7, 11) is -4.29. The molecule has 0 aliphatic carbocycles. The standard InChI is InChI=1S/C13H10N2O6S/c16-13(9-1-5-11(6-2-9)15(17)18)14-10-3-7-12(8-4-10)22(19,20)21/h1-8H,(H,14,16)(H,19,20,21). The van der Waals surface area contributed by atoms with Crippen molar-refractivity contribution in [1.29, 1.82) is 0 Å². The number of hydrogen-bond acceptors (Lipinski definition) is 5. The van der Waals surface area contributed by atoms with Crippen LogP contribution in [-0.4, -0.2) is 23.8 Å². The maximum Gasteiger partial charge on any atom is 0.294 e. The van der Waals surface area contributed by atoms with Crippen molar-refractivity contribution < 1.29 is 22.7 Å². The number of hydrogen-bond donors (Lipinski definition) is 2. The molecule has 22 heavy (non-hydrogen) atoms. The molecule has 0 aliphatic heterocycles. The largest absolute Gasteiger partial charge is 0.322 e. The Kier molecular flexibility index (Phi) is 4.20. The van der Waals surface area contributed by atoms with Gasteiger partial charge in [-0.2, -0.15) is 8.42 Å². The molecule has 114 valence electrons. The smallest absolute Gasteiger partial charge is 0.294 e. The van der Waals surface area contributed by atoms with Crippen LogP contribution in [0, 0.1) is 10.1 Å². The number of rotatable bonds is 4. The van der Waals surface area contributed by atoms with Crippen LogP contribution in [0.15, 0.2) is 53.4 Å². The second kappa shape index (κ2) is 5.92. The van der Waals surface area contributed by atoms with Crippen molar-refractivity contribution in [3.63, 3.8) is 0 Å². The first-order valence-electron chi connectivity index (χ1n) is 5.91. The quantitative estimate of drug-likeness (QED) is 0.504. The van der Waals surface area contributed by atoms with Gasteiger partial charge in [-0.1, -0.05) is 0 Å². The lowest BCUT2D eigenvalue weighted by molar-refractivity contribution is -0.384. The first-order chi connectivity index (χ1) is 10.3. The highest BCUT2D eigenvalue weighted by Gasteiger charge is 2.11. The van der Waals surface area contributed by atoms with E-state index in [9.17, 15) is 23.3 Å². The third kappa shape index (κ3) is 3.65. The molecule has 0 bridgehead atoms. The number of nitrogens with zero attached hydrogens (tertiary/aromatic N) is 1. The lowest BCUT2D eigenvalue weighted by Crippen LogP contribution is -2.12. The van der Waals surface area contributed by atoms with Crippen molar-refractivity contribution in [1.82, 2.24) is 0 Å². The molecule has 9 heteroatoms. The summed E-state index contributed by atoms with van der Waals surface area (Å²) in [6.45, 7) is 0. The highest BCUT2D eigenvalue weighted by molar-refractivity contribution is 7.85. The Hall–Kier alpha value is -2.78. The van der Waals surface area contributed by atoms with Crippen LogP contribution in [0.2, 0.25) is 0 Å². The zero-order valence-corrected chi connectivity index (χ0v) is 11.8. The second-order valence-corrected chi connectivity index (χ2v) is 5.68. The zero-order chi connectivity index (χ0) is 16.3. The number of nitrogens with one attached hydrogen (secondary N) is 1. The Morgan fingerprint density at radius 2 is 1.59 bits per heavy atom. The predicted molar refractivity (Wildman–Crippen MR) is 77.3 cm³/mol. The SMILES string of the molecule is O=C(Nc1ccc(S(=O)(=O)O)cc1)c1ccc([N+](=O)[O-])cc1. The van der Waals surface area contributed by atoms with Crippen LogP contribution in [0.1, 0.15) is 10.4 Å². The minimum atomic E-state index is -4.29. The lowest BCUT2D eigenvalue weighted by atomic mass is 10.2. The predicted octanol–water partition coefficient (Wildman–Crippen LogP) is 2.09. The molecule has 1 amide bonds. The fourth-order valence-electron chi connectivity index (χ4n) is 1.65. The van der Waals surface area contributed by atoms with E-state index in [1.54, 1.807) is 0 Å². The average molecular weight is 322 g/mol. The topological polar surface area (TPSA) is 127 Å². The van der Waals surface area contributed by atoms with Gasteiger partial charge in [-0.05, 0) is 36.4 Å². The van der Waals surface area contributed by atoms with E-state index in [2.05, 4.69) is 5.32 Å². The summed E-state index contributed by atoms with van der Waals surface area (Å²) in [5, 5.41) is 13.0. The summed E-state index contributed by atoms with van der Waals surface area (Å²) in [6.07, 6.45) is 0. The third-order valence-electron chi connectivity index (χ3n) is 2.75. The van der Waals surface area contributed by atoms with Gasteiger partial charge in [-0.3, -0.25) is 19.5 Å². The molecule has 0 aromatic heterocycles. The Morgan fingerprint density at radius 3 is 2.05 bits per heavy atom. The van der Waals surface area contributed by atoms with Crippen LogP contribution in [-0.2, 0) is 10.1 Å². The summed E-state index contributed by atoms with van der Waals surface area (Å²) in [5.41, 5.74) is 0.397. The van der Waals surface area contributed by atoms with Crippen molar-refractivity contribution in [3.05, 3.63) is 64.2 Å². The number of nitro benzene ring substituents is 1. The molecule has 0 unspecified atom stereocenters.